The molecule has 1 saturated carbocycles. The van der Waals surface area contributed by atoms with Gasteiger partial charge in [0.25, 0.3) is 0 Å². The zero-order valence-corrected chi connectivity index (χ0v) is 14.2. The van der Waals surface area contributed by atoms with Gasteiger partial charge < -0.3 is 9.47 Å². The molecule has 0 N–H and O–H groups in total. The molecule has 2 aliphatic rings. The van der Waals surface area contributed by atoms with Gasteiger partial charge in [-0.05, 0) is 67.2 Å². The maximum absolute atomic E-state index is 6.23. The summed E-state index contributed by atoms with van der Waals surface area (Å²) < 4.78 is 12.2. The first-order chi connectivity index (χ1) is 9.13. The van der Waals surface area contributed by atoms with Gasteiger partial charge in [0, 0.05) is 18.6 Å². The highest BCUT2D eigenvalue weighted by molar-refractivity contribution is 4.87. The molecule has 0 aromatic heterocycles. The monoisotopic (exact) mass is 283 g/mol. The third kappa shape index (κ3) is 4.71. The molecule has 0 unspecified atom stereocenters. The van der Waals surface area contributed by atoms with E-state index in [0.717, 1.165) is 12.8 Å². The molecule has 1 aliphatic heterocycles. The molecule has 1 heterocycles. The summed E-state index contributed by atoms with van der Waals surface area (Å²) >= 11 is 0. The van der Waals surface area contributed by atoms with E-state index in [2.05, 4.69) is 46.4 Å². The zero-order valence-electron chi connectivity index (χ0n) is 14.2. The minimum absolute atomic E-state index is 0.0202. The third-order valence-electron chi connectivity index (χ3n) is 4.35. The summed E-state index contributed by atoms with van der Waals surface area (Å²) in [5, 5.41) is 0. The van der Waals surface area contributed by atoms with E-state index in [1.54, 1.807) is 0 Å². The minimum atomic E-state index is -0.0202. The smallest absolute Gasteiger partial charge is 0.0631 e. The standard InChI is InChI=1S/C17H33NO2/c1-16(2,3)18-9-7-13(8-10-18)19-14-11-15(12-14)20-17(4,5)6/h13-15H,7-12H2,1-6H3. The van der Waals surface area contributed by atoms with E-state index in [4.69, 9.17) is 9.47 Å². The molecule has 1 aliphatic carbocycles. The van der Waals surface area contributed by atoms with E-state index in [1.165, 1.54) is 25.9 Å². The van der Waals surface area contributed by atoms with Crippen molar-refractivity contribution in [2.24, 2.45) is 0 Å². The van der Waals surface area contributed by atoms with Crippen molar-refractivity contribution >= 4 is 0 Å². The van der Waals surface area contributed by atoms with E-state index >= 15 is 0 Å². The van der Waals surface area contributed by atoms with Gasteiger partial charge in [0.2, 0.25) is 0 Å². The van der Waals surface area contributed by atoms with Gasteiger partial charge in [-0.3, -0.25) is 4.90 Å². The Kier molecular flexibility index (Phi) is 4.83. The molecule has 20 heavy (non-hydrogen) atoms. The van der Waals surface area contributed by atoms with Crippen molar-refractivity contribution in [3.05, 3.63) is 0 Å². The van der Waals surface area contributed by atoms with E-state index in [9.17, 15) is 0 Å². The van der Waals surface area contributed by atoms with Gasteiger partial charge in [-0.1, -0.05) is 0 Å². The quantitative estimate of drug-likeness (QED) is 0.790. The summed E-state index contributed by atoms with van der Waals surface area (Å²) in [6.45, 7) is 15.6. The number of nitrogens with zero attached hydrogens (tertiary/aromatic N) is 1. The molecule has 2 fully saturated rings. The van der Waals surface area contributed by atoms with Crippen LogP contribution in [0, 0.1) is 0 Å². The summed E-state index contributed by atoms with van der Waals surface area (Å²) in [6, 6.07) is 0. The van der Waals surface area contributed by atoms with Crippen molar-refractivity contribution in [2.75, 3.05) is 13.1 Å². The van der Waals surface area contributed by atoms with Crippen LogP contribution in [0.4, 0.5) is 0 Å². The molecule has 3 heteroatoms. The zero-order chi connectivity index (χ0) is 15.0. The predicted molar refractivity (Wildman–Crippen MR) is 83.1 cm³/mol. The van der Waals surface area contributed by atoms with Crippen molar-refractivity contribution in [1.82, 2.24) is 4.90 Å². The SMILES string of the molecule is CC(C)(C)OC1CC(OC2CCN(C(C)(C)C)CC2)C1. The summed E-state index contributed by atoms with van der Waals surface area (Å²) in [4.78, 5) is 2.57. The van der Waals surface area contributed by atoms with Gasteiger partial charge in [-0.25, -0.2) is 0 Å². The van der Waals surface area contributed by atoms with Crippen LogP contribution in [-0.2, 0) is 9.47 Å². The highest BCUT2D eigenvalue weighted by atomic mass is 16.5. The van der Waals surface area contributed by atoms with Crippen molar-refractivity contribution < 1.29 is 9.47 Å². The summed E-state index contributed by atoms with van der Waals surface area (Å²) in [6.07, 6.45) is 5.84. The Morgan fingerprint density at radius 2 is 1.35 bits per heavy atom. The molecule has 0 amide bonds. The fraction of sp³-hybridized carbons (Fsp3) is 1.00. The average molecular weight is 283 g/mol. The first-order valence-electron chi connectivity index (χ1n) is 8.22. The highest BCUT2D eigenvalue weighted by Crippen LogP contribution is 2.32. The maximum Gasteiger partial charge on any atom is 0.0631 e. The fourth-order valence-corrected chi connectivity index (χ4v) is 3.16. The van der Waals surface area contributed by atoms with Crippen molar-refractivity contribution in [2.45, 2.75) is 96.7 Å². The van der Waals surface area contributed by atoms with Crippen molar-refractivity contribution in [3.63, 3.8) is 0 Å². The molecule has 0 bridgehead atoms. The second kappa shape index (κ2) is 5.94. The highest BCUT2D eigenvalue weighted by Gasteiger charge is 2.36. The van der Waals surface area contributed by atoms with Crippen LogP contribution >= 0.6 is 0 Å². The van der Waals surface area contributed by atoms with E-state index in [-0.39, 0.29) is 5.60 Å². The van der Waals surface area contributed by atoms with Crippen molar-refractivity contribution in [3.8, 4) is 0 Å². The Labute approximate surface area is 125 Å². The van der Waals surface area contributed by atoms with Crippen molar-refractivity contribution in [1.29, 1.82) is 0 Å². The van der Waals surface area contributed by atoms with E-state index < -0.39 is 0 Å². The number of rotatable bonds is 3. The van der Waals surface area contributed by atoms with Crippen LogP contribution in [0.25, 0.3) is 0 Å². The topological polar surface area (TPSA) is 21.7 Å². The lowest BCUT2D eigenvalue weighted by atomic mass is 9.90. The second-order valence-corrected chi connectivity index (χ2v) is 8.44. The van der Waals surface area contributed by atoms with Gasteiger partial charge in [-0.15, -0.1) is 0 Å². The molecule has 0 spiro atoms. The van der Waals surface area contributed by atoms with Gasteiger partial charge in [0.15, 0.2) is 0 Å². The van der Waals surface area contributed by atoms with Crippen LogP contribution in [0.3, 0.4) is 0 Å². The summed E-state index contributed by atoms with van der Waals surface area (Å²) in [7, 11) is 0. The Bertz CT molecular complexity index is 302. The van der Waals surface area contributed by atoms with Gasteiger partial charge in [0.1, 0.15) is 0 Å². The lowest BCUT2D eigenvalue weighted by molar-refractivity contribution is -0.169. The number of hydrogen-bond acceptors (Lipinski definition) is 3. The molecule has 118 valence electrons. The predicted octanol–water partition coefficient (Wildman–Crippen LogP) is 3.61. The van der Waals surface area contributed by atoms with Crippen LogP contribution in [0.15, 0.2) is 0 Å². The molecule has 2 rings (SSSR count). The molecule has 1 saturated heterocycles. The second-order valence-electron chi connectivity index (χ2n) is 8.44. The molecular weight excluding hydrogens is 250 g/mol. The maximum atomic E-state index is 6.23. The first kappa shape index (κ1) is 16.3. The van der Waals surface area contributed by atoms with E-state index in [0.29, 0.717) is 23.9 Å². The van der Waals surface area contributed by atoms with Gasteiger partial charge >= 0.3 is 0 Å². The summed E-state index contributed by atoms with van der Waals surface area (Å²) in [5.74, 6) is 0. The van der Waals surface area contributed by atoms with Crippen LogP contribution in [-0.4, -0.2) is 47.4 Å². The number of hydrogen-bond donors (Lipinski definition) is 0. The van der Waals surface area contributed by atoms with Crippen LogP contribution in [0.2, 0.25) is 0 Å². The molecule has 0 radical (unpaired) electrons. The number of likely N-dealkylation sites (tertiary alicyclic amines) is 1. The van der Waals surface area contributed by atoms with Crippen LogP contribution in [0.1, 0.15) is 67.2 Å². The number of ether oxygens (including phenoxy) is 2. The van der Waals surface area contributed by atoms with E-state index in [1.807, 2.05) is 0 Å². The first-order valence-corrected chi connectivity index (χ1v) is 8.22. The lowest BCUT2D eigenvalue weighted by Crippen LogP contribution is -2.49. The Morgan fingerprint density at radius 3 is 1.80 bits per heavy atom. The summed E-state index contributed by atoms with van der Waals surface area (Å²) in [5.41, 5.74) is 0.279. The average Bonchev–Trinajstić information content (AvgIpc) is 2.24. The Hall–Kier alpha value is -0.120. The molecular formula is C17H33NO2. The molecule has 3 nitrogen and oxygen atoms in total. The largest absolute Gasteiger partial charge is 0.375 e. The van der Waals surface area contributed by atoms with Gasteiger partial charge in [0.05, 0.1) is 23.9 Å². The fourth-order valence-electron chi connectivity index (χ4n) is 3.16. The lowest BCUT2D eigenvalue weighted by Gasteiger charge is -2.44. The van der Waals surface area contributed by atoms with Gasteiger partial charge in [-0.2, -0.15) is 0 Å². The molecule has 0 aromatic rings. The minimum Gasteiger partial charge on any atom is -0.375 e. The third-order valence-corrected chi connectivity index (χ3v) is 4.35. The Morgan fingerprint density at radius 1 is 0.800 bits per heavy atom. The normalized spacial score (nSPS) is 30.3. The van der Waals surface area contributed by atoms with Crippen LogP contribution in [0.5, 0.6) is 0 Å². The van der Waals surface area contributed by atoms with Crippen LogP contribution < -0.4 is 0 Å². The number of piperidine rings is 1. The molecule has 0 aromatic carbocycles. The Balaban J connectivity index is 1.63. The molecule has 0 atom stereocenters.